The van der Waals surface area contributed by atoms with Crippen molar-refractivity contribution >= 4 is 22.6 Å². The van der Waals surface area contributed by atoms with E-state index >= 15 is 0 Å². The Hall–Kier alpha value is -2.24. The smallest absolute Gasteiger partial charge is 0.223 e. The van der Waals surface area contributed by atoms with Crippen LogP contribution in [-0.4, -0.2) is 40.0 Å². The lowest BCUT2D eigenvalue weighted by molar-refractivity contribution is -0.126. The molecule has 1 saturated carbocycles. The third-order valence-corrected chi connectivity index (χ3v) is 5.21. The normalized spacial score (nSPS) is 19.3. The molecule has 2 aliphatic rings. The molecule has 6 heteroatoms. The highest BCUT2D eigenvalue weighted by molar-refractivity contribution is 5.89. The maximum atomic E-state index is 12.3. The quantitative estimate of drug-likeness (QED) is 0.937. The van der Waals surface area contributed by atoms with E-state index in [2.05, 4.69) is 25.2 Å². The molecule has 0 atom stereocenters. The van der Waals surface area contributed by atoms with Crippen molar-refractivity contribution in [3.8, 4) is 0 Å². The summed E-state index contributed by atoms with van der Waals surface area (Å²) in [4.78, 5) is 27.9. The Bertz CT molecular complexity index is 750. The number of carbonyl (C=O) groups is 1. The molecular weight excluding hydrogens is 302 g/mol. The van der Waals surface area contributed by atoms with E-state index in [4.69, 9.17) is 0 Å². The van der Waals surface area contributed by atoms with E-state index in [-0.39, 0.29) is 11.8 Å². The molecule has 3 heterocycles. The fourth-order valence-corrected chi connectivity index (χ4v) is 3.54. The first-order valence-corrected chi connectivity index (χ1v) is 8.84. The molecule has 2 aromatic rings. The van der Waals surface area contributed by atoms with E-state index in [1.54, 1.807) is 12.4 Å². The largest absolute Gasteiger partial charge is 0.356 e. The molecule has 2 fully saturated rings. The number of fused-ring (bicyclic) bond motifs is 1. The number of pyridine rings is 1. The first-order chi connectivity index (χ1) is 11.7. The average molecular weight is 325 g/mol. The van der Waals surface area contributed by atoms with Crippen LogP contribution in [0.2, 0.25) is 0 Å². The molecule has 2 aromatic heterocycles. The van der Waals surface area contributed by atoms with Gasteiger partial charge in [0.1, 0.15) is 11.6 Å². The maximum Gasteiger partial charge on any atom is 0.223 e. The molecule has 126 valence electrons. The van der Waals surface area contributed by atoms with E-state index < -0.39 is 0 Å². The van der Waals surface area contributed by atoms with Crippen molar-refractivity contribution in [2.24, 2.45) is 5.92 Å². The molecular formula is C18H23N5O. The average Bonchev–Trinajstić information content (AvgIpc) is 2.57. The highest BCUT2D eigenvalue weighted by atomic mass is 16.2. The van der Waals surface area contributed by atoms with Crippen molar-refractivity contribution in [2.75, 3.05) is 18.0 Å². The SMILES string of the molecule is Cc1nc(N2CCC(C(=O)NC3CCC3)CC2)c2ccncc2n1. The molecule has 24 heavy (non-hydrogen) atoms. The number of hydrogen-bond acceptors (Lipinski definition) is 5. The predicted octanol–water partition coefficient (Wildman–Crippen LogP) is 2.22. The van der Waals surface area contributed by atoms with Gasteiger partial charge in [-0.25, -0.2) is 9.97 Å². The standard InChI is InChI=1S/C18H23N5O/c1-12-20-16-11-19-8-5-15(16)17(21-12)23-9-6-13(7-10-23)18(24)22-14-3-2-4-14/h5,8,11,13-14H,2-4,6-7,9-10H2,1H3,(H,22,24). The molecule has 6 nitrogen and oxygen atoms in total. The number of carbonyl (C=O) groups excluding carboxylic acids is 1. The maximum absolute atomic E-state index is 12.3. The summed E-state index contributed by atoms with van der Waals surface area (Å²) in [5.74, 6) is 2.11. The summed E-state index contributed by atoms with van der Waals surface area (Å²) < 4.78 is 0. The number of rotatable bonds is 3. The van der Waals surface area contributed by atoms with Gasteiger partial charge in [-0.15, -0.1) is 0 Å². The topological polar surface area (TPSA) is 71.0 Å². The number of aromatic nitrogens is 3. The van der Waals surface area contributed by atoms with E-state index in [9.17, 15) is 4.79 Å². The van der Waals surface area contributed by atoms with Crippen LogP contribution in [0.25, 0.3) is 10.9 Å². The Balaban J connectivity index is 1.47. The number of amides is 1. The van der Waals surface area contributed by atoms with E-state index in [1.165, 1.54) is 6.42 Å². The fraction of sp³-hybridized carbons (Fsp3) is 0.556. The van der Waals surface area contributed by atoms with Crippen molar-refractivity contribution in [1.29, 1.82) is 0 Å². The zero-order valence-electron chi connectivity index (χ0n) is 14.0. The summed E-state index contributed by atoms with van der Waals surface area (Å²) in [6.07, 6.45) is 8.87. The lowest BCUT2D eigenvalue weighted by Gasteiger charge is -2.34. The first kappa shape index (κ1) is 15.3. The van der Waals surface area contributed by atoms with E-state index in [1.807, 2.05) is 13.0 Å². The lowest BCUT2D eigenvalue weighted by Crippen LogP contribution is -2.46. The molecule has 0 bridgehead atoms. The van der Waals surface area contributed by atoms with Crippen LogP contribution >= 0.6 is 0 Å². The molecule has 1 aliphatic heterocycles. The zero-order chi connectivity index (χ0) is 16.5. The minimum absolute atomic E-state index is 0.137. The van der Waals surface area contributed by atoms with Crippen molar-refractivity contribution in [2.45, 2.75) is 45.1 Å². The Morgan fingerprint density at radius 2 is 2.00 bits per heavy atom. The number of nitrogens with one attached hydrogen (secondary N) is 1. The van der Waals surface area contributed by atoms with Crippen LogP contribution < -0.4 is 10.2 Å². The van der Waals surface area contributed by atoms with E-state index in [0.717, 1.165) is 61.3 Å². The Kier molecular flexibility index (Phi) is 4.04. The second-order valence-corrected chi connectivity index (χ2v) is 6.88. The fourth-order valence-electron chi connectivity index (χ4n) is 3.54. The summed E-state index contributed by atoms with van der Waals surface area (Å²) in [6.45, 7) is 3.63. The summed E-state index contributed by atoms with van der Waals surface area (Å²) >= 11 is 0. The number of anilines is 1. The molecule has 0 aromatic carbocycles. The highest BCUT2D eigenvalue weighted by Gasteiger charge is 2.29. The molecule has 1 aliphatic carbocycles. The molecule has 1 amide bonds. The van der Waals surface area contributed by atoms with Crippen LogP contribution in [0, 0.1) is 12.8 Å². The van der Waals surface area contributed by atoms with Gasteiger partial charge in [-0.05, 0) is 45.1 Å². The van der Waals surface area contributed by atoms with Gasteiger partial charge in [0.05, 0.1) is 11.7 Å². The van der Waals surface area contributed by atoms with Gasteiger partial charge in [0.2, 0.25) is 5.91 Å². The second kappa shape index (κ2) is 6.34. The van der Waals surface area contributed by atoms with Gasteiger partial charge in [-0.1, -0.05) is 0 Å². The first-order valence-electron chi connectivity index (χ1n) is 8.84. The minimum Gasteiger partial charge on any atom is -0.356 e. The molecule has 4 rings (SSSR count). The number of hydrogen-bond donors (Lipinski definition) is 1. The third kappa shape index (κ3) is 2.92. The van der Waals surface area contributed by atoms with Gasteiger partial charge in [0, 0.05) is 36.6 Å². The van der Waals surface area contributed by atoms with Crippen molar-refractivity contribution in [1.82, 2.24) is 20.3 Å². The minimum atomic E-state index is 0.137. The van der Waals surface area contributed by atoms with Crippen molar-refractivity contribution in [3.63, 3.8) is 0 Å². The Morgan fingerprint density at radius 1 is 1.21 bits per heavy atom. The summed E-state index contributed by atoms with van der Waals surface area (Å²) in [5.41, 5.74) is 0.879. The second-order valence-electron chi connectivity index (χ2n) is 6.88. The Labute approximate surface area is 141 Å². The van der Waals surface area contributed by atoms with Crippen molar-refractivity contribution in [3.05, 3.63) is 24.3 Å². The van der Waals surface area contributed by atoms with Crippen LogP contribution in [0.4, 0.5) is 5.82 Å². The summed E-state index contributed by atoms with van der Waals surface area (Å²) in [7, 11) is 0. The molecule has 0 spiro atoms. The lowest BCUT2D eigenvalue weighted by atomic mass is 9.90. The van der Waals surface area contributed by atoms with Crippen molar-refractivity contribution < 1.29 is 4.79 Å². The summed E-state index contributed by atoms with van der Waals surface area (Å²) in [5, 5.41) is 4.22. The monoisotopic (exact) mass is 325 g/mol. The molecule has 0 radical (unpaired) electrons. The molecule has 1 saturated heterocycles. The molecule has 0 unspecified atom stereocenters. The highest BCUT2D eigenvalue weighted by Crippen LogP contribution is 2.28. The number of aryl methyl sites for hydroxylation is 1. The van der Waals surface area contributed by atoms with Crippen LogP contribution in [0.5, 0.6) is 0 Å². The van der Waals surface area contributed by atoms with Gasteiger partial charge >= 0.3 is 0 Å². The molecule has 1 N–H and O–H groups in total. The van der Waals surface area contributed by atoms with Crippen LogP contribution in [-0.2, 0) is 4.79 Å². The van der Waals surface area contributed by atoms with Gasteiger partial charge in [0.15, 0.2) is 0 Å². The third-order valence-electron chi connectivity index (χ3n) is 5.21. The predicted molar refractivity (Wildman–Crippen MR) is 92.8 cm³/mol. The van der Waals surface area contributed by atoms with Gasteiger partial charge in [-0.2, -0.15) is 0 Å². The van der Waals surface area contributed by atoms with Gasteiger partial charge in [0.25, 0.3) is 0 Å². The van der Waals surface area contributed by atoms with Crippen LogP contribution in [0.15, 0.2) is 18.5 Å². The number of nitrogens with zero attached hydrogens (tertiary/aromatic N) is 4. The Morgan fingerprint density at radius 3 is 2.71 bits per heavy atom. The van der Waals surface area contributed by atoms with Gasteiger partial charge in [-0.3, -0.25) is 9.78 Å². The van der Waals surface area contributed by atoms with Gasteiger partial charge < -0.3 is 10.2 Å². The number of piperidine rings is 1. The van der Waals surface area contributed by atoms with E-state index in [0.29, 0.717) is 6.04 Å². The zero-order valence-corrected chi connectivity index (χ0v) is 14.0. The summed E-state index contributed by atoms with van der Waals surface area (Å²) in [6, 6.07) is 2.40. The van der Waals surface area contributed by atoms with Crippen LogP contribution in [0.1, 0.15) is 37.9 Å². The van der Waals surface area contributed by atoms with Crippen LogP contribution in [0.3, 0.4) is 0 Å².